The number of rotatable bonds is 4. The molecule has 0 spiro atoms. The number of aliphatic hydroxyl groups excluding tert-OH is 1. The number of benzene rings is 1. The minimum absolute atomic E-state index is 0.151. The molecule has 0 amide bonds. The van der Waals surface area contributed by atoms with Gasteiger partial charge in [-0.1, -0.05) is 36.8 Å². The number of aliphatic hydroxyl groups is 1. The van der Waals surface area contributed by atoms with Gasteiger partial charge in [0.05, 0.1) is 6.10 Å². The zero-order chi connectivity index (χ0) is 11.4. The molecule has 0 saturated heterocycles. The largest absolute Gasteiger partial charge is 0.387 e. The standard InChI is InChI=1S/C13H21NO/c1-5-14(4)11(3)13(15)12-8-6-10(2)7-9-12/h6-9,11,13,15H,5H2,1-4H3. The first-order valence-electron chi connectivity index (χ1n) is 5.51. The predicted octanol–water partition coefficient (Wildman–Crippen LogP) is 2.37. The quantitative estimate of drug-likeness (QED) is 0.819. The van der Waals surface area contributed by atoms with Gasteiger partial charge in [0.15, 0.2) is 0 Å². The maximum Gasteiger partial charge on any atom is 0.0942 e. The number of hydrogen-bond donors (Lipinski definition) is 1. The van der Waals surface area contributed by atoms with Crippen LogP contribution in [-0.4, -0.2) is 29.6 Å². The van der Waals surface area contributed by atoms with Gasteiger partial charge in [0, 0.05) is 6.04 Å². The Balaban J connectivity index is 2.75. The van der Waals surface area contributed by atoms with Crippen molar-refractivity contribution in [2.45, 2.75) is 32.9 Å². The van der Waals surface area contributed by atoms with Crippen LogP contribution in [-0.2, 0) is 0 Å². The van der Waals surface area contributed by atoms with Gasteiger partial charge in [-0.25, -0.2) is 0 Å². The van der Waals surface area contributed by atoms with Crippen LogP contribution in [0.1, 0.15) is 31.1 Å². The third kappa shape index (κ3) is 3.05. The second-order valence-electron chi connectivity index (χ2n) is 4.17. The van der Waals surface area contributed by atoms with Gasteiger partial charge in [0.25, 0.3) is 0 Å². The molecule has 2 nitrogen and oxygen atoms in total. The van der Waals surface area contributed by atoms with Crippen LogP contribution in [0.3, 0.4) is 0 Å². The second-order valence-corrected chi connectivity index (χ2v) is 4.17. The Hall–Kier alpha value is -0.860. The summed E-state index contributed by atoms with van der Waals surface area (Å²) in [4.78, 5) is 2.14. The van der Waals surface area contributed by atoms with Crippen molar-refractivity contribution in [1.29, 1.82) is 0 Å². The van der Waals surface area contributed by atoms with Crippen molar-refractivity contribution in [2.24, 2.45) is 0 Å². The average Bonchev–Trinajstić information content (AvgIpc) is 2.27. The van der Waals surface area contributed by atoms with E-state index in [0.29, 0.717) is 0 Å². The van der Waals surface area contributed by atoms with E-state index in [0.717, 1.165) is 12.1 Å². The zero-order valence-electron chi connectivity index (χ0n) is 10.1. The first-order valence-corrected chi connectivity index (χ1v) is 5.51. The summed E-state index contributed by atoms with van der Waals surface area (Å²) in [6.45, 7) is 7.15. The number of likely N-dealkylation sites (N-methyl/N-ethyl adjacent to an activating group) is 1. The lowest BCUT2D eigenvalue weighted by atomic mass is 10.0. The highest BCUT2D eigenvalue weighted by Gasteiger charge is 2.18. The Bertz CT molecular complexity index is 294. The molecule has 0 fully saturated rings. The molecular weight excluding hydrogens is 186 g/mol. The number of nitrogens with zero attached hydrogens (tertiary/aromatic N) is 1. The van der Waals surface area contributed by atoms with Crippen LogP contribution < -0.4 is 0 Å². The zero-order valence-corrected chi connectivity index (χ0v) is 10.1. The van der Waals surface area contributed by atoms with E-state index in [2.05, 4.69) is 18.7 Å². The Morgan fingerprint density at radius 3 is 2.27 bits per heavy atom. The van der Waals surface area contributed by atoms with Crippen LogP contribution in [0, 0.1) is 6.92 Å². The highest BCUT2D eigenvalue weighted by molar-refractivity contribution is 5.23. The summed E-state index contributed by atoms with van der Waals surface area (Å²) >= 11 is 0. The van der Waals surface area contributed by atoms with Crippen molar-refractivity contribution in [2.75, 3.05) is 13.6 Å². The summed E-state index contributed by atoms with van der Waals surface area (Å²) in [6, 6.07) is 8.23. The Kier molecular flexibility index (Phi) is 4.30. The van der Waals surface area contributed by atoms with E-state index < -0.39 is 6.10 Å². The first kappa shape index (κ1) is 12.2. The van der Waals surface area contributed by atoms with Gasteiger partial charge in [0.1, 0.15) is 0 Å². The monoisotopic (exact) mass is 207 g/mol. The Morgan fingerprint density at radius 1 is 1.27 bits per heavy atom. The first-order chi connectivity index (χ1) is 7.06. The van der Waals surface area contributed by atoms with Gasteiger partial charge in [0.2, 0.25) is 0 Å². The van der Waals surface area contributed by atoms with Gasteiger partial charge in [-0.3, -0.25) is 0 Å². The lowest BCUT2D eigenvalue weighted by molar-refractivity contribution is 0.0754. The van der Waals surface area contributed by atoms with Crippen LogP contribution in [0.4, 0.5) is 0 Å². The smallest absolute Gasteiger partial charge is 0.0942 e. The van der Waals surface area contributed by atoms with Crippen molar-refractivity contribution in [1.82, 2.24) is 4.90 Å². The molecule has 0 heterocycles. The molecule has 2 unspecified atom stereocenters. The molecule has 0 aliphatic rings. The van der Waals surface area contributed by atoms with Crippen LogP contribution in [0.15, 0.2) is 24.3 Å². The average molecular weight is 207 g/mol. The van der Waals surface area contributed by atoms with Crippen LogP contribution in [0.2, 0.25) is 0 Å². The summed E-state index contributed by atoms with van der Waals surface area (Å²) in [5.41, 5.74) is 2.22. The van der Waals surface area contributed by atoms with Gasteiger partial charge in [-0.15, -0.1) is 0 Å². The molecule has 2 heteroatoms. The fraction of sp³-hybridized carbons (Fsp3) is 0.538. The van der Waals surface area contributed by atoms with E-state index in [1.54, 1.807) is 0 Å². The fourth-order valence-electron chi connectivity index (χ4n) is 1.57. The van der Waals surface area contributed by atoms with Gasteiger partial charge in [-0.05, 0) is 33.0 Å². The van der Waals surface area contributed by atoms with Crippen molar-refractivity contribution in [3.8, 4) is 0 Å². The Morgan fingerprint density at radius 2 is 1.80 bits per heavy atom. The summed E-state index contributed by atoms with van der Waals surface area (Å²) in [5, 5.41) is 10.1. The summed E-state index contributed by atoms with van der Waals surface area (Å²) < 4.78 is 0. The van der Waals surface area contributed by atoms with Crippen molar-refractivity contribution < 1.29 is 5.11 Å². The molecule has 0 saturated carbocycles. The molecule has 1 N–H and O–H groups in total. The topological polar surface area (TPSA) is 23.5 Å². The van der Waals surface area contributed by atoms with Crippen LogP contribution >= 0.6 is 0 Å². The molecular formula is C13H21NO. The summed E-state index contributed by atoms with van der Waals surface area (Å²) in [7, 11) is 2.03. The molecule has 0 radical (unpaired) electrons. The minimum atomic E-state index is -0.407. The molecule has 84 valence electrons. The maximum atomic E-state index is 10.1. The second kappa shape index (κ2) is 5.29. The van der Waals surface area contributed by atoms with Gasteiger partial charge < -0.3 is 10.0 Å². The number of aryl methyl sites for hydroxylation is 1. The van der Waals surface area contributed by atoms with E-state index in [-0.39, 0.29) is 6.04 Å². The van der Waals surface area contributed by atoms with E-state index >= 15 is 0 Å². The predicted molar refractivity (Wildman–Crippen MR) is 63.9 cm³/mol. The summed E-state index contributed by atoms with van der Waals surface area (Å²) in [6.07, 6.45) is -0.407. The van der Waals surface area contributed by atoms with Crippen molar-refractivity contribution >= 4 is 0 Å². The van der Waals surface area contributed by atoms with Crippen molar-refractivity contribution in [3.05, 3.63) is 35.4 Å². The molecule has 1 rings (SSSR count). The lowest BCUT2D eigenvalue weighted by Crippen LogP contribution is -2.34. The normalized spacial score (nSPS) is 15.3. The molecule has 0 bridgehead atoms. The molecule has 0 aromatic heterocycles. The van der Waals surface area contributed by atoms with E-state index in [1.165, 1.54) is 5.56 Å². The van der Waals surface area contributed by atoms with Crippen molar-refractivity contribution in [3.63, 3.8) is 0 Å². The third-order valence-corrected chi connectivity index (χ3v) is 3.07. The maximum absolute atomic E-state index is 10.1. The van der Waals surface area contributed by atoms with Gasteiger partial charge in [-0.2, -0.15) is 0 Å². The summed E-state index contributed by atoms with van der Waals surface area (Å²) in [5.74, 6) is 0. The van der Waals surface area contributed by atoms with E-state index in [4.69, 9.17) is 0 Å². The molecule has 1 aromatic rings. The molecule has 1 aromatic carbocycles. The SMILES string of the molecule is CCN(C)C(C)C(O)c1ccc(C)cc1. The van der Waals surface area contributed by atoms with Gasteiger partial charge >= 0.3 is 0 Å². The third-order valence-electron chi connectivity index (χ3n) is 3.07. The molecule has 0 aliphatic heterocycles. The van der Waals surface area contributed by atoms with Crippen LogP contribution in [0.25, 0.3) is 0 Å². The van der Waals surface area contributed by atoms with Crippen LogP contribution in [0.5, 0.6) is 0 Å². The molecule has 15 heavy (non-hydrogen) atoms. The lowest BCUT2D eigenvalue weighted by Gasteiger charge is -2.28. The highest BCUT2D eigenvalue weighted by atomic mass is 16.3. The minimum Gasteiger partial charge on any atom is -0.387 e. The van der Waals surface area contributed by atoms with E-state index in [9.17, 15) is 5.11 Å². The fourth-order valence-corrected chi connectivity index (χ4v) is 1.57. The molecule has 2 atom stereocenters. The number of hydrogen-bond acceptors (Lipinski definition) is 2. The molecule has 0 aliphatic carbocycles. The highest BCUT2D eigenvalue weighted by Crippen LogP contribution is 2.20. The van der Waals surface area contributed by atoms with E-state index in [1.807, 2.05) is 38.2 Å². The Labute approximate surface area is 92.5 Å².